The van der Waals surface area contributed by atoms with E-state index < -0.39 is 17.0 Å². The smallest absolute Gasteiger partial charge is 0.342 e. The maximum atomic E-state index is 11.9. The van der Waals surface area contributed by atoms with Crippen LogP contribution in [0.15, 0.2) is 36.5 Å². The van der Waals surface area contributed by atoms with E-state index in [2.05, 4.69) is 4.98 Å². The lowest BCUT2D eigenvalue weighted by molar-refractivity contribution is -0.392. The van der Waals surface area contributed by atoms with Crippen molar-refractivity contribution in [3.8, 4) is 0 Å². The Morgan fingerprint density at radius 3 is 2.67 bits per heavy atom. The third kappa shape index (κ3) is 4.52. The molecule has 0 aliphatic rings. The fraction of sp³-hybridized carbons (Fsp3) is 0.294. The Labute approximate surface area is 139 Å². The molecule has 0 amide bonds. The quantitative estimate of drug-likeness (QED) is 0.352. The fourth-order valence-electron chi connectivity index (χ4n) is 2.20. The van der Waals surface area contributed by atoms with Gasteiger partial charge in [-0.3, -0.25) is 0 Å². The van der Waals surface area contributed by atoms with Gasteiger partial charge < -0.3 is 14.9 Å². The summed E-state index contributed by atoms with van der Waals surface area (Å²) in [7, 11) is 0. The van der Waals surface area contributed by atoms with Gasteiger partial charge in [0.05, 0.1) is 0 Å². The molecule has 1 unspecified atom stereocenters. The van der Waals surface area contributed by atoms with E-state index >= 15 is 0 Å². The molecule has 0 bridgehead atoms. The molecule has 24 heavy (non-hydrogen) atoms. The predicted octanol–water partition coefficient (Wildman–Crippen LogP) is 3.05. The number of rotatable bonds is 6. The fourth-order valence-corrected chi connectivity index (χ4v) is 2.20. The Hall–Kier alpha value is -2.96. The molecule has 2 rings (SSSR count). The number of aromatic nitrogens is 2. The highest BCUT2D eigenvalue weighted by Crippen LogP contribution is 2.15. The van der Waals surface area contributed by atoms with Crippen molar-refractivity contribution in [1.82, 2.24) is 9.55 Å². The van der Waals surface area contributed by atoms with Crippen LogP contribution in [0.5, 0.6) is 0 Å². The summed E-state index contributed by atoms with van der Waals surface area (Å²) in [5, 5.41) is 10.9. The molecule has 1 heterocycles. The van der Waals surface area contributed by atoms with Crippen LogP contribution in [0.1, 0.15) is 23.9 Å². The van der Waals surface area contributed by atoms with Crippen LogP contribution < -0.4 is 0 Å². The molecule has 126 valence electrons. The van der Waals surface area contributed by atoms with Crippen molar-refractivity contribution in [2.24, 2.45) is 0 Å². The highest BCUT2D eigenvalue weighted by molar-refractivity contribution is 5.87. The van der Waals surface area contributed by atoms with Gasteiger partial charge in [-0.05, 0) is 30.4 Å². The summed E-state index contributed by atoms with van der Waals surface area (Å²) in [5.41, 5.74) is 2.03. The minimum Gasteiger partial charge on any atom is -0.455 e. The largest absolute Gasteiger partial charge is 0.455 e. The summed E-state index contributed by atoms with van der Waals surface area (Å²) in [4.78, 5) is 26.2. The van der Waals surface area contributed by atoms with Crippen LogP contribution >= 0.6 is 0 Å². The zero-order chi connectivity index (χ0) is 17.7. The Morgan fingerprint density at radius 1 is 1.38 bits per heavy atom. The number of carbonyl (C=O) groups excluding carboxylic acids is 1. The molecule has 7 heteroatoms. The molecule has 1 aromatic heterocycles. The number of carbonyl (C=O) groups is 1. The molecular weight excluding hydrogens is 310 g/mol. The first kappa shape index (κ1) is 17.4. The maximum absolute atomic E-state index is 11.9. The predicted molar refractivity (Wildman–Crippen MR) is 89.4 cm³/mol. The standard InChI is InChI=1S/C17H19N3O4/c1-12-4-6-15(7-5-12)8-9-17(21)24-13(2)11-19-14(3)18-10-16(19)20(22)23/h4-10,13H,11H2,1-3H3/b9-8+. The second-order valence-corrected chi connectivity index (χ2v) is 5.52. The van der Waals surface area contributed by atoms with Crippen molar-refractivity contribution in [3.05, 3.63) is 63.6 Å². The van der Waals surface area contributed by atoms with E-state index in [0.29, 0.717) is 5.82 Å². The second-order valence-electron chi connectivity index (χ2n) is 5.52. The van der Waals surface area contributed by atoms with Gasteiger partial charge in [0.1, 0.15) is 18.8 Å². The van der Waals surface area contributed by atoms with Gasteiger partial charge in [-0.2, -0.15) is 0 Å². The molecule has 1 aromatic carbocycles. The second kappa shape index (κ2) is 7.54. The first-order valence-corrected chi connectivity index (χ1v) is 7.48. The molecule has 0 radical (unpaired) electrons. The van der Waals surface area contributed by atoms with Crippen LogP contribution in [0, 0.1) is 24.0 Å². The number of aryl methyl sites for hydroxylation is 2. The Balaban J connectivity index is 1.96. The molecule has 0 spiro atoms. The van der Waals surface area contributed by atoms with Crippen molar-refractivity contribution in [2.45, 2.75) is 33.4 Å². The molecule has 0 N–H and O–H groups in total. The zero-order valence-electron chi connectivity index (χ0n) is 13.8. The number of esters is 1. The summed E-state index contributed by atoms with van der Waals surface area (Å²) in [6.07, 6.45) is 3.68. The summed E-state index contributed by atoms with van der Waals surface area (Å²) in [6, 6.07) is 7.71. The zero-order valence-corrected chi connectivity index (χ0v) is 13.8. The van der Waals surface area contributed by atoms with Gasteiger partial charge in [-0.15, -0.1) is 0 Å². The minimum absolute atomic E-state index is 0.120. The van der Waals surface area contributed by atoms with Crippen LogP contribution in [0.3, 0.4) is 0 Å². The number of nitro groups is 1. The summed E-state index contributed by atoms with van der Waals surface area (Å²) >= 11 is 0. The topological polar surface area (TPSA) is 87.3 Å². The van der Waals surface area contributed by atoms with Crippen LogP contribution in [0.2, 0.25) is 0 Å². The van der Waals surface area contributed by atoms with E-state index in [0.717, 1.165) is 11.1 Å². The van der Waals surface area contributed by atoms with Gasteiger partial charge >= 0.3 is 11.8 Å². The highest BCUT2D eigenvalue weighted by Gasteiger charge is 2.21. The normalized spacial score (nSPS) is 12.3. The number of hydrogen-bond acceptors (Lipinski definition) is 5. The molecule has 0 fully saturated rings. The Kier molecular flexibility index (Phi) is 5.47. The molecule has 0 saturated heterocycles. The van der Waals surface area contributed by atoms with Gasteiger partial charge in [-0.1, -0.05) is 29.8 Å². The number of hydrogen-bond donors (Lipinski definition) is 0. The van der Waals surface area contributed by atoms with E-state index in [4.69, 9.17) is 4.74 Å². The lowest BCUT2D eigenvalue weighted by Crippen LogP contribution is -2.21. The van der Waals surface area contributed by atoms with Crippen LogP contribution in [0.25, 0.3) is 6.08 Å². The summed E-state index contributed by atoms with van der Waals surface area (Å²) in [5.74, 6) is -0.117. The third-order valence-corrected chi connectivity index (χ3v) is 3.47. The van der Waals surface area contributed by atoms with E-state index in [9.17, 15) is 14.9 Å². The van der Waals surface area contributed by atoms with Crippen LogP contribution in [-0.2, 0) is 16.1 Å². The maximum Gasteiger partial charge on any atom is 0.342 e. The Morgan fingerprint density at radius 2 is 2.04 bits per heavy atom. The van der Waals surface area contributed by atoms with Crippen molar-refractivity contribution in [2.75, 3.05) is 0 Å². The number of benzene rings is 1. The molecular formula is C17H19N3O4. The number of ether oxygens (including phenoxy) is 1. The van der Waals surface area contributed by atoms with Crippen molar-refractivity contribution in [3.63, 3.8) is 0 Å². The van der Waals surface area contributed by atoms with Crippen molar-refractivity contribution >= 4 is 17.9 Å². The van der Waals surface area contributed by atoms with E-state index in [1.807, 2.05) is 31.2 Å². The average molecular weight is 329 g/mol. The van der Waals surface area contributed by atoms with E-state index in [1.54, 1.807) is 19.9 Å². The lowest BCUT2D eigenvalue weighted by Gasteiger charge is -2.11. The summed E-state index contributed by atoms with van der Waals surface area (Å²) < 4.78 is 6.68. The Bertz CT molecular complexity index is 763. The highest BCUT2D eigenvalue weighted by atomic mass is 16.6. The SMILES string of the molecule is Cc1ccc(/C=C/C(=O)OC(C)Cn2c([N+](=O)[O-])cnc2C)cc1. The van der Waals surface area contributed by atoms with Crippen molar-refractivity contribution < 1.29 is 14.5 Å². The molecule has 1 atom stereocenters. The van der Waals surface area contributed by atoms with E-state index in [-0.39, 0.29) is 12.4 Å². The van der Waals surface area contributed by atoms with Gasteiger partial charge in [0, 0.05) is 13.0 Å². The van der Waals surface area contributed by atoms with E-state index in [1.165, 1.54) is 16.8 Å². The average Bonchev–Trinajstić information content (AvgIpc) is 2.88. The van der Waals surface area contributed by atoms with Crippen LogP contribution in [0.4, 0.5) is 5.82 Å². The lowest BCUT2D eigenvalue weighted by atomic mass is 10.1. The minimum atomic E-state index is -0.522. The van der Waals surface area contributed by atoms with Gasteiger partial charge in [0.2, 0.25) is 0 Å². The van der Waals surface area contributed by atoms with Crippen LogP contribution in [-0.4, -0.2) is 26.5 Å². The first-order chi connectivity index (χ1) is 11.4. The summed E-state index contributed by atoms with van der Waals surface area (Å²) in [6.45, 7) is 5.51. The third-order valence-electron chi connectivity index (χ3n) is 3.47. The molecule has 7 nitrogen and oxygen atoms in total. The molecule has 0 aliphatic carbocycles. The van der Waals surface area contributed by atoms with Gasteiger partial charge in [-0.25, -0.2) is 14.3 Å². The molecule has 0 saturated carbocycles. The van der Waals surface area contributed by atoms with Gasteiger partial charge in [0.15, 0.2) is 5.82 Å². The van der Waals surface area contributed by atoms with Gasteiger partial charge in [0.25, 0.3) is 0 Å². The molecule has 0 aliphatic heterocycles. The number of imidazole rings is 1. The monoisotopic (exact) mass is 329 g/mol. The molecule has 2 aromatic rings. The number of nitrogens with zero attached hydrogens (tertiary/aromatic N) is 3. The van der Waals surface area contributed by atoms with Crippen molar-refractivity contribution in [1.29, 1.82) is 0 Å². The first-order valence-electron chi connectivity index (χ1n) is 7.48.